The zero-order valence-corrected chi connectivity index (χ0v) is 11.6. The Morgan fingerprint density at radius 3 is 2.35 bits per heavy atom. The SMILES string of the molecule is Cc1cccc(N(C=O)c2ccc(I)cc2)c1. The van der Waals surface area contributed by atoms with Crippen molar-refractivity contribution >= 4 is 40.4 Å². The van der Waals surface area contributed by atoms with E-state index in [9.17, 15) is 4.79 Å². The molecular weight excluding hydrogens is 325 g/mol. The Morgan fingerprint density at radius 2 is 1.76 bits per heavy atom. The van der Waals surface area contributed by atoms with Crippen molar-refractivity contribution < 1.29 is 4.79 Å². The fourth-order valence-corrected chi connectivity index (χ4v) is 2.01. The molecule has 2 nitrogen and oxygen atoms in total. The van der Waals surface area contributed by atoms with Crippen molar-refractivity contribution in [1.82, 2.24) is 0 Å². The van der Waals surface area contributed by atoms with Crippen molar-refractivity contribution in [3.05, 3.63) is 57.7 Å². The van der Waals surface area contributed by atoms with Gasteiger partial charge in [-0.1, -0.05) is 12.1 Å². The molecule has 0 atom stereocenters. The first-order chi connectivity index (χ1) is 8.20. The molecule has 0 fully saturated rings. The van der Waals surface area contributed by atoms with E-state index in [-0.39, 0.29) is 0 Å². The number of carbonyl (C=O) groups is 1. The molecule has 0 aliphatic carbocycles. The van der Waals surface area contributed by atoms with E-state index in [0.717, 1.165) is 26.9 Å². The van der Waals surface area contributed by atoms with Gasteiger partial charge < -0.3 is 0 Å². The molecule has 86 valence electrons. The van der Waals surface area contributed by atoms with Gasteiger partial charge in [0, 0.05) is 14.9 Å². The average molecular weight is 337 g/mol. The van der Waals surface area contributed by atoms with Crippen LogP contribution in [0, 0.1) is 10.5 Å². The van der Waals surface area contributed by atoms with E-state index in [2.05, 4.69) is 22.6 Å². The monoisotopic (exact) mass is 337 g/mol. The third-order valence-corrected chi connectivity index (χ3v) is 3.21. The second-order valence-electron chi connectivity index (χ2n) is 3.79. The van der Waals surface area contributed by atoms with Gasteiger partial charge in [0.2, 0.25) is 6.41 Å². The maximum absolute atomic E-state index is 11.2. The summed E-state index contributed by atoms with van der Waals surface area (Å²) in [4.78, 5) is 12.9. The van der Waals surface area contributed by atoms with Gasteiger partial charge in [0.25, 0.3) is 0 Å². The molecule has 3 heteroatoms. The molecule has 0 aliphatic rings. The Balaban J connectivity index is 2.40. The number of carbonyl (C=O) groups excluding carboxylic acids is 1. The second kappa shape index (κ2) is 5.31. The van der Waals surface area contributed by atoms with Crippen LogP contribution >= 0.6 is 22.6 Å². The lowest BCUT2D eigenvalue weighted by Gasteiger charge is -2.18. The first-order valence-electron chi connectivity index (χ1n) is 5.27. The number of amides is 1. The molecule has 0 aliphatic heterocycles. The number of hydrogen-bond donors (Lipinski definition) is 0. The van der Waals surface area contributed by atoms with Gasteiger partial charge >= 0.3 is 0 Å². The lowest BCUT2D eigenvalue weighted by molar-refractivity contribution is -0.106. The van der Waals surface area contributed by atoms with E-state index in [1.807, 2.05) is 55.5 Å². The van der Waals surface area contributed by atoms with Gasteiger partial charge in [0.1, 0.15) is 0 Å². The smallest absolute Gasteiger partial charge is 0.218 e. The summed E-state index contributed by atoms with van der Waals surface area (Å²) in [6, 6.07) is 15.8. The number of rotatable bonds is 3. The minimum absolute atomic E-state index is 0.844. The van der Waals surface area contributed by atoms with E-state index in [0.29, 0.717) is 0 Å². The quantitative estimate of drug-likeness (QED) is 0.615. The lowest BCUT2D eigenvalue weighted by Crippen LogP contribution is -2.13. The zero-order valence-electron chi connectivity index (χ0n) is 9.43. The highest BCUT2D eigenvalue weighted by Gasteiger charge is 2.07. The Bertz CT molecular complexity index is 522. The number of aryl methyl sites for hydroxylation is 1. The Labute approximate surface area is 114 Å². The zero-order chi connectivity index (χ0) is 12.3. The minimum atomic E-state index is 0.844. The van der Waals surface area contributed by atoms with Gasteiger partial charge in [0.15, 0.2) is 0 Å². The first kappa shape index (κ1) is 12.1. The third kappa shape index (κ3) is 2.85. The molecule has 0 N–H and O–H groups in total. The van der Waals surface area contributed by atoms with Crippen molar-refractivity contribution in [1.29, 1.82) is 0 Å². The normalized spacial score (nSPS) is 10.0. The van der Waals surface area contributed by atoms with Gasteiger partial charge in [-0.05, 0) is 71.5 Å². The minimum Gasteiger partial charge on any atom is -0.284 e. The summed E-state index contributed by atoms with van der Waals surface area (Å²) < 4.78 is 1.15. The van der Waals surface area contributed by atoms with Gasteiger partial charge in [-0.15, -0.1) is 0 Å². The number of anilines is 2. The van der Waals surface area contributed by atoms with Crippen LogP contribution in [0.5, 0.6) is 0 Å². The van der Waals surface area contributed by atoms with Crippen LogP contribution in [-0.2, 0) is 4.79 Å². The molecule has 0 spiro atoms. The summed E-state index contributed by atoms with van der Waals surface area (Å²) in [6.45, 7) is 2.01. The van der Waals surface area contributed by atoms with Crippen LogP contribution in [0.3, 0.4) is 0 Å². The standard InChI is InChI=1S/C14H12INO/c1-11-3-2-4-14(9-11)16(10-17)13-7-5-12(15)6-8-13/h2-10H,1H3. The van der Waals surface area contributed by atoms with Crippen LogP contribution in [0.25, 0.3) is 0 Å². The first-order valence-corrected chi connectivity index (χ1v) is 6.35. The Hall–Kier alpha value is -1.36. The third-order valence-electron chi connectivity index (χ3n) is 2.49. The van der Waals surface area contributed by atoms with E-state index < -0.39 is 0 Å². The molecule has 17 heavy (non-hydrogen) atoms. The predicted molar refractivity (Wildman–Crippen MR) is 78.5 cm³/mol. The molecule has 0 heterocycles. The summed E-state index contributed by atoms with van der Waals surface area (Å²) >= 11 is 2.25. The van der Waals surface area contributed by atoms with Crippen molar-refractivity contribution in [2.75, 3.05) is 4.90 Å². The van der Waals surface area contributed by atoms with Gasteiger partial charge in [0.05, 0.1) is 0 Å². The van der Waals surface area contributed by atoms with E-state index in [4.69, 9.17) is 0 Å². The van der Waals surface area contributed by atoms with Crippen LogP contribution < -0.4 is 4.90 Å². The summed E-state index contributed by atoms with van der Waals surface area (Å²) in [6.07, 6.45) is 0.844. The molecule has 1 amide bonds. The fraction of sp³-hybridized carbons (Fsp3) is 0.0714. The van der Waals surface area contributed by atoms with E-state index in [1.165, 1.54) is 0 Å². The van der Waals surface area contributed by atoms with Crippen LogP contribution in [0.1, 0.15) is 5.56 Å². The Morgan fingerprint density at radius 1 is 1.06 bits per heavy atom. The van der Waals surface area contributed by atoms with Crippen LogP contribution in [-0.4, -0.2) is 6.41 Å². The highest BCUT2D eigenvalue weighted by molar-refractivity contribution is 14.1. The molecule has 0 aromatic heterocycles. The maximum Gasteiger partial charge on any atom is 0.218 e. The Kier molecular flexibility index (Phi) is 3.78. The number of benzene rings is 2. The van der Waals surface area contributed by atoms with Gasteiger partial charge in [-0.2, -0.15) is 0 Å². The summed E-state index contributed by atoms with van der Waals surface area (Å²) in [5, 5.41) is 0. The topological polar surface area (TPSA) is 20.3 Å². The fourth-order valence-electron chi connectivity index (χ4n) is 1.65. The van der Waals surface area contributed by atoms with Crippen molar-refractivity contribution in [3.63, 3.8) is 0 Å². The van der Waals surface area contributed by atoms with Crippen LogP contribution in [0.15, 0.2) is 48.5 Å². The van der Waals surface area contributed by atoms with Gasteiger partial charge in [-0.25, -0.2) is 0 Å². The molecular formula is C14H12INO. The van der Waals surface area contributed by atoms with E-state index in [1.54, 1.807) is 4.90 Å². The number of hydrogen-bond acceptors (Lipinski definition) is 1. The number of nitrogens with zero attached hydrogens (tertiary/aromatic N) is 1. The molecule has 2 aromatic rings. The lowest BCUT2D eigenvalue weighted by atomic mass is 10.2. The molecule has 0 bridgehead atoms. The van der Waals surface area contributed by atoms with Crippen molar-refractivity contribution in [2.45, 2.75) is 6.92 Å². The highest BCUT2D eigenvalue weighted by Crippen LogP contribution is 2.24. The second-order valence-corrected chi connectivity index (χ2v) is 5.04. The molecule has 2 rings (SSSR count). The van der Waals surface area contributed by atoms with Crippen LogP contribution in [0.2, 0.25) is 0 Å². The van der Waals surface area contributed by atoms with E-state index >= 15 is 0 Å². The molecule has 0 unspecified atom stereocenters. The summed E-state index contributed by atoms with van der Waals surface area (Å²) in [5.74, 6) is 0. The molecule has 2 aromatic carbocycles. The van der Waals surface area contributed by atoms with Gasteiger partial charge in [-0.3, -0.25) is 9.69 Å². The molecule has 0 saturated heterocycles. The summed E-state index contributed by atoms with van der Waals surface area (Å²) in [7, 11) is 0. The van der Waals surface area contributed by atoms with Crippen molar-refractivity contribution in [3.8, 4) is 0 Å². The van der Waals surface area contributed by atoms with Crippen LogP contribution in [0.4, 0.5) is 11.4 Å². The largest absolute Gasteiger partial charge is 0.284 e. The average Bonchev–Trinajstić information content (AvgIpc) is 2.33. The highest BCUT2D eigenvalue weighted by atomic mass is 127. The maximum atomic E-state index is 11.2. The molecule has 0 saturated carbocycles. The predicted octanol–water partition coefficient (Wildman–Crippen LogP) is 3.89. The molecule has 0 radical (unpaired) electrons. The number of halogens is 1. The summed E-state index contributed by atoms with van der Waals surface area (Å²) in [5.41, 5.74) is 2.91. The van der Waals surface area contributed by atoms with Crippen molar-refractivity contribution in [2.24, 2.45) is 0 Å².